The number of nitrogens with zero attached hydrogens (tertiary/aromatic N) is 1. The van der Waals surface area contributed by atoms with Crippen LogP contribution in [0.1, 0.15) is 27.2 Å². The van der Waals surface area contributed by atoms with E-state index in [0.29, 0.717) is 23.0 Å². The van der Waals surface area contributed by atoms with Gasteiger partial charge < -0.3 is 10.2 Å². The molecular formula is C15H21BrF2N2. The predicted molar refractivity (Wildman–Crippen MR) is 82.1 cm³/mol. The van der Waals surface area contributed by atoms with E-state index in [9.17, 15) is 8.78 Å². The minimum absolute atomic E-state index is 0.0953. The highest BCUT2D eigenvalue weighted by Gasteiger charge is 2.34. The number of nitrogens with one attached hydrogen (secondary N) is 1. The summed E-state index contributed by atoms with van der Waals surface area (Å²) in [7, 11) is 0. The molecule has 1 N–H and O–H groups in total. The van der Waals surface area contributed by atoms with E-state index in [-0.39, 0.29) is 11.7 Å². The average Bonchev–Trinajstić information content (AvgIpc) is 2.36. The molecule has 1 saturated heterocycles. The van der Waals surface area contributed by atoms with Gasteiger partial charge in [-0.2, -0.15) is 0 Å². The lowest BCUT2D eigenvalue weighted by Crippen LogP contribution is -2.54. The van der Waals surface area contributed by atoms with Crippen molar-refractivity contribution in [2.75, 3.05) is 18.0 Å². The number of piperidine rings is 1. The van der Waals surface area contributed by atoms with Gasteiger partial charge in [0.05, 0.1) is 0 Å². The van der Waals surface area contributed by atoms with Gasteiger partial charge in [-0.3, -0.25) is 0 Å². The first-order valence-electron chi connectivity index (χ1n) is 7.10. The Hall–Kier alpha value is -0.680. The number of hydrogen-bond donors (Lipinski definition) is 1. The number of rotatable bonds is 3. The summed E-state index contributed by atoms with van der Waals surface area (Å²) in [6, 6.07) is 3.16. The van der Waals surface area contributed by atoms with Gasteiger partial charge in [0, 0.05) is 23.1 Å². The van der Waals surface area contributed by atoms with E-state index in [4.69, 9.17) is 0 Å². The molecule has 3 atom stereocenters. The summed E-state index contributed by atoms with van der Waals surface area (Å²) in [5.74, 6) is -0.665. The van der Waals surface area contributed by atoms with Crippen LogP contribution in [0.2, 0.25) is 0 Å². The maximum atomic E-state index is 14.1. The van der Waals surface area contributed by atoms with Crippen LogP contribution in [-0.4, -0.2) is 25.2 Å². The van der Waals surface area contributed by atoms with Crippen LogP contribution in [0.15, 0.2) is 16.6 Å². The molecule has 1 fully saturated rings. The van der Waals surface area contributed by atoms with E-state index in [1.807, 2.05) is 11.8 Å². The van der Waals surface area contributed by atoms with Gasteiger partial charge in [0.1, 0.15) is 5.69 Å². The fourth-order valence-electron chi connectivity index (χ4n) is 3.04. The highest BCUT2D eigenvalue weighted by atomic mass is 79.9. The molecule has 1 aliphatic heterocycles. The Morgan fingerprint density at radius 2 is 1.90 bits per heavy atom. The van der Waals surface area contributed by atoms with E-state index in [1.165, 1.54) is 12.1 Å². The maximum Gasteiger partial charge on any atom is 0.150 e. The molecule has 0 saturated carbocycles. The number of benzene rings is 1. The van der Waals surface area contributed by atoms with Gasteiger partial charge >= 0.3 is 0 Å². The Balaban J connectivity index is 2.27. The Morgan fingerprint density at radius 3 is 2.45 bits per heavy atom. The standard InChI is InChI=1S/C15H21BrF2N2/c1-4-19-14-5-6-20(10(3)9(14)2)15-12(17)7-11(16)8-13(15)18/h7-10,14,19H,4-6H2,1-3H3. The summed E-state index contributed by atoms with van der Waals surface area (Å²) in [5.41, 5.74) is 0.0995. The lowest BCUT2D eigenvalue weighted by atomic mass is 9.86. The Kier molecular flexibility index (Phi) is 5.02. The smallest absolute Gasteiger partial charge is 0.150 e. The molecule has 3 unspecified atom stereocenters. The van der Waals surface area contributed by atoms with E-state index < -0.39 is 11.6 Å². The summed E-state index contributed by atoms with van der Waals surface area (Å²) in [6.07, 6.45) is 0.897. The third-order valence-corrected chi connectivity index (χ3v) is 4.76. The second-order valence-corrected chi connectivity index (χ2v) is 6.38. The zero-order valence-corrected chi connectivity index (χ0v) is 13.7. The maximum absolute atomic E-state index is 14.1. The van der Waals surface area contributed by atoms with E-state index >= 15 is 0 Å². The van der Waals surface area contributed by atoms with Crippen molar-refractivity contribution >= 4 is 21.6 Å². The first kappa shape index (κ1) is 15.7. The van der Waals surface area contributed by atoms with Crippen molar-refractivity contribution in [1.29, 1.82) is 0 Å². The van der Waals surface area contributed by atoms with Crippen LogP contribution in [0.5, 0.6) is 0 Å². The van der Waals surface area contributed by atoms with Crippen molar-refractivity contribution < 1.29 is 8.78 Å². The van der Waals surface area contributed by atoms with Crippen LogP contribution in [0.4, 0.5) is 14.5 Å². The van der Waals surface area contributed by atoms with Crippen LogP contribution < -0.4 is 10.2 Å². The monoisotopic (exact) mass is 346 g/mol. The topological polar surface area (TPSA) is 15.3 Å². The predicted octanol–water partition coefficient (Wildman–Crippen LogP) is 3.94. The molecule has 2 rings (SSSR count). The molecule has 0 aliphatic carbocycles. The largest absolute Gasteiger partial charge is 0.364 e. The molecule has 2 nitrogen and oxygen atoms in total. The minimum Gasteiger partial charge on any atom is -0.364 e. The molecule has 1 aromatic carbocycles. The highest BCUT2D eigenvalue weighted by Crippen LogP contribution is 2.34. The second-order valence-electron chi connectivity index (χ2n) is 5.46. The third kappa shape index (κ3) is 2.98. The van der Waals surface area contributed by atoms with E-state index in [0.717, 1.165) is 13.0 Å². The van der Waals surface area contributed by atoms with Crippen molar-refractivity contribution in [3.05, 3.63) is 28.2 Å². The van der Waals surface area contributed by atoms with Crippen molar-refractivity contribution in [3.63, 3.8) is 0 Å². The van der Waals surface area contributed by atoms with Gasteiger partial charge in [-0.15, -0.1) is 0 Å². The van der Waals surface area contributed by atoms with Crippen LogP contribution in [0, 0.1) is 17.6 Å². The molecule has 1 aromatic rings. The van der Waals surface area contributed by atoms with E-state index in [2.05, 4.69) is 35.1 Å². The normalized spacial score (nSPS) is 26.9. The summed E-state index contributed by atoms with van der Waals surface area (Å²) in [5, 5.41) is 3.45. The molecule has 0 amide bonds. The van der Waals surface area contributed by atoms with Crippen LogP contribution >= 0.6 is 15.9 Å². The average molecular weight is 347 g/mol. The van der Waals surface area contributed by atoms with Crippen LogP contribution in [0.25, 0.3) is 0 Å². The zero-order valence-electron chi connectivity index (χ0n) is 12.1. The molecule has 0 radical (unpaired) electrons. The van der Waals surface area contributed by atoms with Gasteiger partial charge in [-0.05, 0) is 37.9 Å². The number of anilines is 1. The molecule has 0 spiro atoms. The molecule has 1 aliphatic rings. The van der Waals surface area contributed by atoms with Gasteiger partial charge in [-0.1, -0.05) is 29.8 Å². The third-order valence-electron chi connectivity index (χ3n) is 4.30. The second kappa shape index (κ2) is 6.39. The molecule has 112 valence electrons. The molecular weight excluding hydrogens is 326 g/mol. The summed E-state index contributed by atoms with van der Waals surface area (Å²) in [4.78, 5) is 1.86. The molecule has 1 heterocycles. The Morgan fingerprint density at radius 1 is 1.30 bits per heavy atom. The van der Waals surface area contributed by atoms with Crippen molar-refractivity contribution in [2.24, 2.45) is 5.92 Å². The summed E-state index contributed by atoms with van der Waals surface area (Å²) >= 11 is 3.12. The molecule has 5 heteroatoms. The summed E-state index contributed by atoms with van der Waals surface area (Å²) in [6.45, 7) is 7.84. The van der Waals surface area contributed by atoms with Crippen LogP contribution in [0.3, 0.4) is 0 Å². The quantitative estimate of drug-likeness (QED) is 0.891. The fourth-order valence-corrected chi connectivity index (χ4v) is 3.44. The van der Waals surface area contributed by atoms with Crippen molar-refractivity contribution in [3.8, 4) is 0 Å². The highest BCUT2D eigenvalue weighted by molar-refractivity contribution is 9.10. The number of halogens is 3. The minimum atomic E-state index is -0.502. The van der Waals surface area contributed by atoms with Crippen LogP contribution in [-0.2, 0) is 0 Å². The molecule has 0 aromatic heterocycles. The molecule has 0 bridgehead atoms. The van der Waals surface area contributed by atoms with Crippen molar-refractivity contribution in [1.82, 2.24) is 5.32 Å². The Bertz CT molecular complexity index is 458. The zero-order chi connectivity index (χ0) is 14.9. The van der Waals surface area contributed by atoms with Gasteiger partial charge in [0.15, 0.2) is 11.6 Å². The van der Waals surface area contributed by atoms with Crippen molar-refractivity contribution in [2.45, 2.75) is 39.3 Å². The lowest BCUT2D eigenvalue weighted by molar-refractivity contribution is 0.271. The number of hydrogen-bond acceptors (Lipinski definition) is 2. The van der Waals surface area contributed by atoms with E-state index in [1.54, 1.807) is 0 Å². The molecule has 20 heavy (non-hydrogen) atoms. The Labute approximate surface area is 127 Å². The van der Waals surface area contributed by atoms with Gasteiger partial charge in [0.2, 0.25) is 0 Å². The first-order valence-corrected chi connectivity index (χ1v) is 7.89. The lowest BCUT2D eigenvalue weighted by Gasteiger charge is -2.44. The fraction of sp³-hybridized carbons (Fsp3) is 0.600. The first-order chi connectivity index (χ1) is 9.45. The summed E-state index contributed by atoms with van der Waals surface area (Å²) < 4.78 is 28.7. The van der Waals surface area contributed by atoms with Gasteiger partial charge in [-0.25, -0.2) is 8.78 Å². The SMILES string of the molecule is CCNC1CCN(c2c(F)cc(Br)cc2F)C(C)C1C. The van der Waals surface area contributed by atoms with Gasteiger partial charge in [0.25, 0.3) is 0 Å².